The molecule has 1 aliphatic heterocycles. The monoisotopic (exact) mass is 462 g/mol. The number of methoxy groups -OCH3 is 2. The molecule has 1 N–H and O–H groups in total. The van der Waals surface area contributed by atoms with Gasteiger partial charge in [0, 0.05) is 10.5 Å². The molecule has 1 aliphatic rings. The summed E-state index contributed by atoms with van der Waals surface area (Å²) in [6, 6.07) is 5.63. The van der Waals surface area contributed by atoms with Gasteiger partial charge < -0.3 is 23.9 Å². The number of nitrogens with one attached hydrogen (secondary N) is 1. The Morgan fingerprint density at radius 1 is 1.19 bits per heavy atom. The fourth-order valence-electron chi connectivity index (χ4n) is 3.09. The Morgan fingerprint density at radius 2 is 1.97 bits per heavy atom. The molecule has 0 radical (unpaired) electrons. The summed E-state index contributed by atoms with van der Waals surface area (Å²) in [4.78, 5) is 45.4. The van der Waals surface area contributed by atoms with E-state index in [1.54, 1.807) is 0 Å². The number of aromatic nitrogens is 2. The largest absolute Gasteiger partial charge is 0.486 e. The van der Waals surface area contributed by atoms with Gasteiger partial charge in [0.2, 0.25) is 0 Å². The lowest BCUT2D eigenvalue weighted by Crippen LogP contribution is -2.15. The molecule has 4 rings (SSSR count). The standard InChI is InChI=1S/C20H18N2O7S2/c1-26-15(23)8-11-16-18(24)21-14(22-19(16)31-17(11)20(25)27-2)9-30-10-3-4-12-13(7-10)29-6-5-28-12/h3-4,7H,5-6,8-9H2,1-2H3,(H,21,22,24). The number of nitrogens with zero attached hydrogens (tertiary/aromatic N) is 1. The summed E-state index contributed by atoms with van der Waals surface area (Å²) in [5.74, 6) is 1.02. The molecule has 9 nitrogen and oxygen atoms in total. The van der Waals surface area contributed by atoms with Crippen molar-refractivity contribution in [1.29, 1.82) is 0 Å². The van der Waals surface area contributed by atoms with E-state index in [9.17, 15) is 14.4 Å². The van der Waals surface area contributed by atoms with Crippen LogP contribution in [0.2, 0.25) is 0 Å². The number of carbonyl (C=O) groups excluding carboxylic acids is 2. The molecule has 0 atom stereocenters. The Labute approximate surface area is 184 Å². The lowest BCUT2D eigenvalue weighted by Gasteiger charge is -2.18. The maximum atomic E-state index is 12.8. The van der Waals surface area contributed by atoms with Gasteiger partial charge in [-0.3, -0.25) is 9.59 Å². The van der Waals surface area contributed by atoms with Crippen LogP contribution in [-0.4, -0.2) is 49.3 Å². The SMILES string of the molecule is COC(=O)Cc1c(C(=O)OC)sc2nc(CSc3ccc4c(c3)OCCO4)[nH]c(=O)c12. The van der Waals surface area contributed by atoms with Gasteiger partial charge in [-0.05, 0) is 18.2 Å². The van der Waals surface area contributed by atoms with Gasteiger partial charge in [0.15, 0.2) is 11.5 Å². The van der Waals surface area contributed by atoms with Crippen molar-refractivity contribution < 1.29 is 28.5 Å². The lowest BCUT2D eigenvalue weighted by molar-refractivity contribution is -0.139. The van der Waals surface area contributed by atoms with Crippen LogP contribution in [0, 0.1) is 0 Å². The second-order valence-corrected chi connectivity index (χ2v) is 8.49. The van der Waals surface area contributed by atoms with E-state index in [4.69, 9.17) is 14.2 Å². The third kappa shape index (κ3) is 4.37. The predicted molar refractivity (Wildman–Crippen MR) is 114 cm³/mol. The maximum absolute atomic E-state index is 12.8. The van der Waals surface area contributed by atoms with Crippen molar-refractivity contribution in [3.8, 4) is 11.5 Å². The molecule has 0 saturated heterocycles. The third-order valence-electron chi connectivity index (χ3n) is 4.52. The van der Waals surface area contributed by atoms with E-state index in [0.717, 1.165) is 16.2 Å². The molecule has 0 bridgehead atoms. The zero-order chi connectivity index (χ0) is 22.0. The van der Waals surface area contributed by atoms with E-state index in [2.05, 4.69) is 14.7 Å². The first-order valence-corrected chi connectivity index (χ1v) is 11.0. The molecule has 0 fully saturated rings. The number of hydrogen-bond acceptors (Lipinski definition) is 10. The highest BCUT2D eigenvalue weighted by Gasteiger charge is 2.24. The Bertz CT molecular complexity index is 1220. The number of fused-ring (bicyclic) bond motifs is 2. The van der Waals surface area contributed by atoms with Crippen LogP contribution >= 0.6 is 23.1 Å². The summed E-state index contributed by atoms with van der Waals surface area (Å²) in [5, 5.41) is 0.198. The summed E-state index contributed by atoms with van der Waals surface area (Å²) >= 11 is 2.49. The van der Waals surface area contributed by atoms with Gasteiger partial charge >= 0.3 is 11.9 Å². The highest BCUT2D eigenvalue weighted by Crippen LogP contribution is 2.35. The minimum absolute atomic E-state index is 0.164. The number of benzene rings is 1. The minimum atomic E-state index is -0.631. The Kier molecular flexibility index (Phi) is 6.14. The fraction of sp³-hybridized carbons (Fsp3) is 0.300. The zero-order valence-corrected chi connectivity index (χ0v) is 18.3. The van der Waals surface area contributed by atoms with E-state index < -0.39 is 17.5 Å². The molecule has 3 aromatic rings. The molecule has 2 aromatic heterocycles. The van der Waals surface area contributed by atoms with Crippen LogP contribution in [0.25, 0.3) is 10.2 Å². The molecule has 3 heterocycles. The predicted octanol–water partition coefficient (Wildman–Crippen LogP) is 2.55. The van der Waals surface area contributed by atoms with Crippen molar-refractivity contribution in [3.05, 3.63) is 44.8 Å². The van der Waals surface area contributed by atoms with Gasteiger partial charge in [-0.25, -0.2) is 9.78 Å². The molecule has 0 unspecified atom stereocenters. The highest BCUT2D eigenvalue weighted by atomic mass is 32.2. The summed E-state index contributed by atoms with van der Waals surface area (Å²) < 4.78 is 20.6. The molecule has 0 spiro atoms. The number of thioether (sulfide) groups is 1. The number of esters is 2. The van der Waals surface area contributed by atoms with Gasteiger partial charge in [-0.1, -0.05) is 0 Å². The maximum Gasteiger partial charge on any atom is 0.348 e. The van der Waals surface area contributed by atoms with Crippen LogP contribution < -0.4 is 15.0 Å². The van der Waals surface area contributed by atoms with E-state index in [-0.39, 0.29) is 22.2 Å². The molecule has 0 amide bonds. The van der Waals surface area contributed by atoms with E-state index in [1.165, 1.54) is 26.0 Å². The van der Waals surface area contributed by atoms with Gasteiger partial charge in [0.05, 0.1) is 31.8 Å². The Balaban J connectivity index is 1.63. The summed E-state index contributed by atoms with van der Waals surface area (Å²) in [6.07, 6.45) is -0.225. The van der Waals surface area contributed by atoms with Crippen LogP contribution in [0.4, 0.5) is 0 Å². The van der Waals surface area contributed by atoms with E-state index in [1.807, 2.05) is 18.2 Å². The number of ether oxygens (including phenoxy) is 4. The van der Waals surface area contributed by atoms with Crippen molar-refractivity contribution in [1.82, 2.24) is 9.97 Å². The topological polar surface area (TPSA) is 117 Å². The number of aromatic amines is 1. The third-order valence-corrected chi connectivity index (χ3v) is 6.63. The number of H-pyrrole nitrogens is 1. The second kappa shape index (κ2) is 8.98. The van der Waals surface area contributed by atoms with Gasteiger partial charge in [-0.15, -0.1) is 23.1 Å². The fourth-order valence-corrected chi connectivity index (χ4v) is 5.01. The molecule has 0 saturated carbocycles. The van der Waals surface area contributed by atoms with E-state index >= 15 is 0 Å². The second-order valence-electron chi connectivity index (χ2n) is 6.44. The van der Waals surface area contributed by atoms with Gasteiger partial charge in [0.1, 0.15) is 28.7 Å². The number of carbonyl (C=O) groups is 2. The molecular weight excluding hydrogens is 444 g/mol. The average molecular weight is 463 g/mol. The molecule has 162 valence electrons. The highest BCUT2D eigenvalue weighted by molar-refractivity contribution is 7.98. The van der Waals surface area contributed by atoms with Crippen LogP contribution in [0.1, 0.15) is 21.1 Å². The first-order valence-electron chi connectivity index (χ1n) is 9.22. The van der Waals surface area contributed by atoms with Crippen molar-refractivity contribution >= 4 is 45.3 Å². The first kappa shape index (κ1) is 21.2. The molecule has 1 aromatic carbocycles. The molecule has 11 heteroatoms. The number of rotatable bonds is 6. The summed E-state index contributed by atoms with van der Waals surface area (Å²) in [5.41, 5.74) is -0.161. The molecule has 31 heavy (non-hydrogen) atoms. The summed E-state index contributed by atoms with van der Waals surface area (Å²) in [7, 11) is 2.48. The number of thiophene rings is 1. The van der Waals surface area contributed by atoms with Gasteiger partial charge in [-0.2, -0.15) is 0 Å². The zero-order valence-electron chi connectivity index (χ0n) is 16.7. The van der Waals surface area contributed by atoms with Crippen molar-refractivity contribution in [2.75, 3.05) is 27.4 Å². The Hall–Kier alpha value is -3.05. The number of hydrogen-bond donors (Lipinski definition) is 1. The van der Waals surface area contributed by atoms with Crippen LogP contribution in [0.5, 0.6) is 11.5 Å². The van der Waals surface area contributed by atoms with Gasteiger partial charge in [0.25, 0.3) is 5.56 Å². The van der Waals surface area contributed by atoms with Crippen LogP contribution in [-0.2, 0) is 26.4 Å². The smallest absolute Gasteiger partial charge is 0.348 e. The van der Waals surface area contributed by atoms with Crippen molar-refractivity contribution in [2.45, 2.75) is 17.1 Å². The van der Waals surface area contributed by atoms with E-state index in [0.29, 0.717) is 41.1 Å². The quantitative estimate of drug-likeness (QED) is 0.436. The van der Waals surface area contributed by atoms with Crippen LogP contribution in [0.15, 0.2) is 27.9 Å². The van der Waals surface area contributed by atoms with Crippen molar-refractivity contribution in [2.24, 2.45) is 0 Å². The normalized spacial score (nSPS) is 12.6. The minimum Gasteiger partial charge on any atom is -0.486 e. The average Bonchev–Trinajstić information content (AvgIpc) is 3.15. The molecular formula is C20H18N2O7S2. The van der Waals surface area contributed by atoms with Crippen molar-refractivity contribution in [3.63, 3.8) is 0 Å². The lowest BCUT2D eigenvalue weighted by atomic mass is 10.1. The molecule has 0 aliphatic carbocycles. The first-order chi connectivity index (χ1) is 15.0. The van der Waals surface area contributed by atoms with Crippen LogP contribution in [0.3, 0.4) is 0 Å². The Morgan fingerprint density at radius 3 is 2.71 bits per heavy atom. The summed E-state index contributed by atoms with van der Waals surface area (Å²) in [6.45, 7) is 1.03.